The van der Waals surface area contributed by atoms with E-state index >= 15 is 0 Å². The topological polar surface area (TPSA) is 59.0 Å². The Morgan fingerprint density at radius 3 is 2.38 bits per heavy atom. The Morgan fingerprint density at radius 2 is 1.79 bits per heavy atom. The second-order valence-corrected chi connectivity index (χ2v) is 5.41. The van der Waals surface area contributed by atoms with Gasteiger partial charge in [0, 0.05) is 5.69 Å². The van der Waals surface area contributed by atoms with Crippen molar-refractivity contribution in [2.24, 2.45) is 0 Å². The number of hydrogen-bond donors (Lipinski definition) is 1. The summed E-state index contributed by atoms with van der Waals surface area (Å²) in [5.74, 6) is 0.855. The molecule has 0 aromatic heterocycles. The molecular formula is C20H23FN2O. The number of nitrogens with zero attached hydrogens (tertiary/aromatic N) is 1. The number of rotatable bonds is 7. The molecule has 0 aliphatic carbocycles. The van der Waals surface area contributed by atoms with Gasteiger partial charge in [-0.05, 0) is 61.2 Å². The van der Waals surface area contributed by atoms with Gasteiger partial charge in [-0.2, -0.15) is 5.26 Å². The highest BCUT2D eigenvalue weighted by atomic mass is 19.0. The Kier molecular flexibility index (Phi) is 8.07. The zero-order valence-corrected chi connectivity index (χ0v) is 13.9. The molecule has 0 aliphatic heterocycles. The SMILES string of the molecule is CC/C(=C\c1ccc(C#N)cc1)CCCOc1ccc(N)cc1.F. The van der Waals surface area contributed by atoms with E-state index in [-0.39, 0.29) is 4.70 Å². The molecule has 4 heteroatoms. The van der Waals surface area contributed by atoms with E-state index in [1.807, 2.05) is 48.5 Å². The fraction of sp³-hybridized carbons (Fsp3) is 0.250. The maximum Gasteiger partial charge on any atom is 0.119 e. The van der Waals surface area contributed by atoms with Crippen LogP contribution in [0, 0.1) is 11.3 Å². The molecule has 0 aliphatic rings. The molecule has 0 radical (unpaired) electrons. The quantitative estimate of drug-likeness (QED) is 0.579. The molecule has 0 saturated carbocycles. The number of anilines is 1. The van der Waals surface area contributed by atoms with E-state index in [9.17, 15) is 0 Å². The van der Waals surface area contributed by atoms with Crippen LogP contribution >= 0.6 is 0 Å². The third kappa shape index (κ3) is 6.13. The van der Waals surface area contributed by atoms with Crippen molar-refractivity contribution in [2.45, 2.75) is 26.2 Å². The van der Waals surface area contributed by atoms with Crippen LogP contribution in [0.1, 0.15) is 37.3 Å². The van der Waals surface area contributed by atoms with Gasteiger partial charge in [0.1, 0.15) is 5.75 Å². The lowest BCUT2D eigenvalue weighted by Gasteiger charge is -2.08. The summed E-state index contributed by atoms with van der Waals surface area (Å²) in [6.07, 6.45) is 5.19. The molecule has 24 heavy (non-hydrogen) atoms. The van der Waals surface area contributed by atoms with Gasteiger partial charge in [-0.3, -0.25) is 4.70 Å². The molecule has 3 nitrogen and oxygen atoms in total. The summed E-state index contributed by atoms with van der Waals surface area (Å²) in [5.41, 5.74) is 9.61. The van der Waals surface area contributed by atoms with Crippen LogP contribution in [0.4, 0.5) is 10.4 Å². The molecule has 0 unspecified atom stereocenters. The first-order valence-electron chi connectivity index (χ1n) is 7.89. The van der Waals surface area contributed by atoms with Crippen molar-refractivity contribution in [3.05, 3.63) is 65.2 Å². The van der Waals surface area contributed by atoms with Crippen molar-refractivity contribution in [3.8, 4) is 11.8 Å². The number of ether oxygens (including phenoxy) is 1. The summed E-state index contributed by atoms with van der Waals surface area (Å²) >= 11 is 0. The lowest BCUT2D eigenvalue weighted by Crippen LogP contribution is -1.98. The van der Waals surface area contributed by atoms with E-state index in [1.54, 1.807) is 0 Å². The Labute approximate surface area is 142 Å². The predicted molar refractivity (Wildman–Crippen MR) is 97.5 cm³/mol. The number of nitrogen functional groups attached to an aromatic ring is 1. The maximum absolute atomic E-state index is 8.82. The number of allylic oxidation sites excluding steroid dienone is 1. The minimum Gasteiger partial charge on any atom is -0.494 e. The molecule has 0 bridgehead atoms. The second-order valence-electron chi connectivity index (χ2n) is 5.41. The van der Waals surface area contributed by atoms with E-state index in [1.165, 1.54) is 5.57 Å². The first-order valence-corrected chi connectivity index (χ1v) is 7.89. The Morgan fingerprint density at radius 1 is 1.12 bits per heavy atom. The third-order valence-corrected chi connectivity index (χ3v) is 3.66. The van der Waals surface area contributed by atoms with Crippen molar-refractivity contribution in [1.82, 2.24) is 0 Å². The van der Waals surface area contributed by atoms with Gasteiger partial charge >= 0.3 is 0 Å². The molecule has 0 heterocycles. The van der Waals surface area contributed by atoms with Gasteiger partial charge < -0.3 is 10.5 Å². The summed E-state index contributed by atoms with van der Waals surface area (Å²) in [4.78, 5) is 0. The molecule has 0 fully saturated rings. The van der Waals surface area contributed by atoms with Gasteiger partial charge in [-0.25, -0.2) is 0 Å². The van der Waals surface area contributed by atoms with Crippen LogP contribution in [0.2, 0.25) is 0 Å². The van der Waals surface area contributed by atoms with Gasteiger partial charge in [-0.1, -0.05) is 30.7 Å². The summed E-state index contributed by atoms with van der Waals surface area (Å²) in [5, 5.41) is 8.82. The minimum atomic E-state index is 0. The number of halogens is 1. The van der Waals surface area contributed by atoms with Crippen molar-refractivity contribution in [1.29, 1.82) is 5.26 Å². The number of nitriles is 1. The average molecular weight is 326 g/mol. The summed E-state index contributed by atoms with van der Waals surface area (Å²) in [6.45, 7) is 2.85. The van der Waals surface area contributed by atoms with Crippen LogP contribution in [0.3, 0.4) is 0 Å². The molecule has 0 atom stereocenters. The van der Waals surface area contributed by atoms with Crippen LogP contribution in [0.25, 0.3) is 6.08 Å². The van der Waals surface area contributed by atoms with Crippen molar-refractivity contribution < 1.29 is 9.44 Å². The van der Waals surface area contributed by atoms with Crippen LogP contribution in [0.15, 0.2) is 54.1 Å². The van der Waals surface area contributed by atoms with Crippen molar-refractivity contribution in [2.75, 3.05) is 12.3 Å². The van der Waals surface area contributed by atoms with E-state index in [2.05, 4.69) is 19.1 Å². The first-order chi connectivity index (χ1) is 11.2. The van der Waals surface area contributed by atoms with Crippen LogP contribution in [-0.4, -0.2) is 6.61 Å². The van der Waals surface area contributed by atoms with Gasteiger partial charge in [-0.15, -0.1) is 0 Å². The van der Waals surface area contributed by atoms with Gasteiger partial charge in [0.2, 0.25) is 0 Å². The van der Waals surface area contributed by atoms with Crippen molar-refractivity contribution >= 4 is 11.8 Å². The summed E-state index contributed by atoms with van der Waals surface area (Å²) in [6, 6.07) is 17.3. The maximum atomic E-state index is 8.82. The van der Waals surface area contributed by atoms with E-state index in [4.69, 9.17) is 15.7 Å². The lowest BCUT2D eigenvalue weighted by atomic mass is 10.0. The summed E-state index contributed by atoms with van der Waals surface area (Å²) in [7, 11) is 0. The molecule has 2 N–H and O–H groups in total. The minimum absolute atomic E-state index is 0. The molecule has 0 amide bonds. The number of hydrogen-bond acceptors (Lipinski definition) is 3. The average Bonchev–Trinajstić information content (AvgIpc) is 2.59. The van der Waals surface area contributed by atoms with Crippen LogP contribution in [-0.2, 0) is 0 Å². The van der Waals surface area contributed by atoms with Gasteiger partial charge in [0.15, 0.2) is 0 Å². The number of nitrogens with two attached hydrogens (primary N) is 1. The Bertz CT molecular complexity index is 685. The highest BCUT2D eigenvalue weighted by molar-refractivity contribution is 5.54. The standard InChI is InChI=1S/C20H22N2O.FH/c1-2-16(14-17-5-7-18(15-21)8-6-17)4-3-13-23-20-11-9-19(22)10-12-20;/h5-12,14H,2-4,13,22H2,1H3;1H/b16-14+;. The highest BCUT2D eigenvalue weighted by Gasteiger charge is 1.99. The van der Waals surface area contributed by atoms with Gasteiger partial charge in [0.25, 0.3) is 0 Å². The molecule has 2 aromatic rings. The van der Waals surface area contributed by atoms with Crippen LogP contribution in [0.5, 0.6) is 5.75 Å². The zero-order chi connectivity index (χ0) is 16.5. The largest absolute Gasteiger partial charge is 0.494 e. The monoisotopic (exact) mass is 326 g/mol. The molecular weight excluding hydrogens is 303 g/mol. The molecule has 2 aromatic carbocycles. The fourth-order valence-electron chi connectivity index (χ4n) is 2.29. The van der Waals surface area contributed by atoms with E-state index in [0.29, 0.717) is 12.2 Å². The van der Waals surface area contributed by atoms with Crippen molar-refractivity contribution in [3.63, 3.8) is 0 Å². The summed E-state index contributed by atoms with van der Waals surface area (Å²) < 4.78 is 5.72. The molecule has 0 saturated heterocycles. The molecule has 2 rings (SSSR count). The third-order valence-electron chi connectivity index (χ3n) is 3.66. The smallest absolute Gasteiger partial charge is 0.119 e. The highest BCUT2D eigenvalue weighted by Crippen LogP contribution is 2.17. The Balaban J connectivity index is 0.00000288. The van der Waals surface area contributed by atoms with E-state index in [0.717, 1.165) is 36.3 Å². The van der Waals surface area contributed by atoms with Crippen LogP contribution < -0.4 is 10.5 Å². The fourth-order valence-corrected chi connectivity index (χ4v) is 2.29. The molecule has 0 spiro atoms. The second kappa shape index (κ2) is 10.1. The lowest BCUT2D eigenvalue weighted by molar-refractivity contribution is 0.310. The Hall–Kier alpha value is -2.80. The number of benzene rings is 2. The predicted octanol–water partition coefficient (Wildman–Crippen LogP) is 4.95. The van der Waals surface area contributed by atoms with Gasteiger partial charge in [0.05, 0.1) is 18.2 Å². The molecule has 126 valence electrons. The van der Waals surface area contributed by atoms with E-state index < -0.39 is 0 Å². The normalized spacial score (nSPS) is 10.6. The zero-order valence-electron chi connectivity index (χ0n) is 13.9. The first kappa shape index (κ1) is 19.2.